The van der Waals surface area contributed by atoms with Crippen molar-refractivity contribution in [2.45, 2.75) is 13.0 Å². The highest BCUT2D eigenvalue weighted by molar-refractivity contribution is 5.44. The van der Waals surface area contributed by atoms with Crippen molar-refractivity contribution in [1.82, 2.24) is 10.2 Å². The molecule has 0 aliphatic heterocycles. The van der Waals surface area contributed by atoms with E-state index in [2.05, 4.69) is 64.0 Å². The highest BCUT2D eigenvalue weighted by atomic mass is 15.2. The second-order valence-corrected chi connectivity index (χ2v) is 5.02. The van der Waals surface area contributed by atoms with Gasteiger partial charge in [0.1, 0.15) is 5.82 Å². The molecule has 0 fully saturated rings. The van der Waals surface area contributed by atoms with Crippen LogP contribution in [0.15, 0.2) is 72.9 Å². The Morgan fingerprint density at radius 2 is 1.43 bits per heavy atom. The molecule has 21 heavy (non-hydrogen) atoms. The van der Waals surface area contributed by atoms with Crippen molar-refractivity contribution >= 4 is 5.82 Å². The smallest absolute Gasteiger partial charge is 0.149 e. The maximum Gasteiger partial charge on any atom is 0.149 e. The van der Waals surface area contributed by atoms with Crippen molar-refractivity contribution < 1.29 is 0 Å². The lowest BCUT2D eigenvalue weighted by Gasteiger charge is -2.20. The molecule has 0 atom stereocenters. The minimum Gasteiger partial charge on any atom is -0.358 e. The first kappa shape index (κ1) is 13.3. The van der Waals surface area contributed by atoms with E-state index < -0.39 is 0 Å². The molecular formula is C18H17N3. The fraction of sp³-hybridized carbons (Fsp3) is 0.111. The van der Waals surface area contributed by atoms with Crippen LogP contribution in [0.2, 0.25) is 0 Å². The molecule has 1 aromatic heterocycles. The van der Waals surface area contributed by atoms with Gasteiger partial charge in [-0.2, -0.15) is 5.10 Å². The van der Waals surface area contributed by atoms with Crippen molar-refractivity contribution in [3.8, 4) is 0 Å². The molecule has 3 nitrogen and oxygen atoms in total. The topological polar surface area (TPSA) is 37.8 Å². The third-order valence-electron chi connectivity index (χ3n) is 3.35. The lowest BCUT2D eigenvalue weighted by Crippen LogP contribution is -2.13. The van der Waals surface area contributed by atoms with Crippen LogP contribution in [-0.2, 0) is 0 Å². The number of nitrogens with one attached hydrogen (secondary N) is 1. The first-order valence-corrected chi connectivity index (χ1v) is 6.99. The van der Waals surface area contributed by atoms with Crippen LogP contribution in [0, 0.1) is 6.92 Å². The van der Waals surface area contributed by atoms with Crippen LogP contribution in [0.3, 0.4) is 0 Å². The molecule has 0 radical (unpaired) electrons. The van der Waals surface area contributed by atoms with Gasteiger partial charge in [0.15, 0.2) is 0 Å². The largest absolute Gasteiger partial charge is 0.358 e. The molecule has 1 heterocycles. The van der Waals surface area contributed by atoms with Gasteiger partial charge in [-0.1, -0.05) is 60.7 Å². The Morgan fingerprint density at radius 3 is 1.95 bits per heavy atom. The van der Waals surface area contributed by atoms with E-state index in [0.717, 1.165) is 11.4 Å². The van der Waals surface area contributed by atoms with Crippen LogP contribution in [0.4, 0.5) is 5.82 Å². The lowest BCUT2D eigenvalue weighted by atomic mass is 9.99. The molecule has 3 rings (SSSR count). The Kier molecular flexibility index (Phi) is 3.92. The number of nitrogens with zero attached hydrogens (tertiary/aromatic N) is 2. The third kappa shape index (κ3) is 3.26. The summed E-state index contributed by atoms with van der Waals surface area (Å²) >= 11 is 0. The van der Waals surface area contributed by atoms with Gasteiger partial charge in [-0.15, -0.1) is 5.10 Å². The molecule has 1 N–H and O–H groups in total. The second-order valence-electron chi connectivity index (χ2n) is 5.02. The van der Waals surface area contributed by atoms with Gasteiger partial charge in [0.25, 0.3) is 0 Å². The lowest BCUT2D eigenvalue weighted by molar-refractivity contribution is 0.901. The van der Waals surface area contributed by atoms with E-state index >= 15 is 0 Å². The average molecular weight is 275 g/mol. The maximum absolute atomic E-state index is 4.17. The fourth-order valence-corrected chi connectivity index (χ4v) is 2.33. The van der Waals surface area contributed by atoms with Gasteiger partial charge < -0.3 is 5.32 Å². The van der Waals surface area contributed by atoms with E-state index in [9.17, 15) is 0 Å². The normalized spacial score (nSPS) is 10.6. The Hall–Kier alpha value is -2.68. The molecule has 0 bridgehead atoms. The van der Waals surface area contributed by atoms with Crippen LogP contribution < -0.4 is 5.32 Å². The van der Waals surface area contributed by atoms with E-state index in [1.54, 1.807) is 6.20 Å². The summed E-state index contributed by atoms with van der Waals surface area (Å²) in [6, 6.07) is 22.8. The summed E-state index contributed by atoms with van der Waals surface area (Å²) in [6.07, 6.45) is 1.76. The summed E-state index contributed by atoms with van der Waals surface area (Å²) in [7, 11) is 0. The van der Waals surface area contributed by atoms with Gasteiger partial charge in [-0.25, -0.2) is 0 Å². The number of rotatable bonds is 4. The van der Waals surface area contributed by atoms with Gasteiger partial charge in [0.05, 0.1) is 12.2 Å². The van der Waals surface area contributed by atoms with E-state index in [4.69, 9.17) is 0 Å². The predicted octanol–water partition coefficient (Wildman–Crippen LogP) is 3.99. The van der Waals surface area contributed by atoms with Gasteiger partial charge in [-0.3, -0.25) is 0 Å². The number of aryl methyl sites for hydroxylation is 1. The second kappa shape index (κ2) is 6.18. The van der Waals surface area contributed by atoms with Crippen molar-refractivity contribution in [3.05, 3.63) is 89.6 Å². The number of anilines is 1. The van der Waals surface area contributed by atoms with Crippen LogP contribution in [0.1, 0.15) is 22.7 Å². The SMILES string of the molecule is Cc1cnnc(NC(c2ccccc2)c2ccccc2)c1. The zero-order valence-electron chi connectivity index (χ0n) is 11.9. The number of aromatic nitrogens is 2. The van der Waals surface area contributed by atoms with Crippen LogP contribution in [-0.4, -0.2) is 10.2 Å². The molecule has 104 valence electrons. The van der Waals surface area contributed by atoms with E-state index in [-0.39, 0.29) is 6.04 Å². The molecule has 3 heteroatoms. The van der Waals surface area contributed by atoms with Gasteiger partial charge in [0, 0.05) is 0 Å². The molecule has 0 saturated carbocycles. The number of benzene rings is 2. The molecule has 3 aromatic rings. The van der Waals surface area contributed by atoms with E-state index in [0.29, 0.717) is 0 Å². The summed E-state index contributed by atoms with van der Waals surface area (Å²) in [5.74, 6) is 0.785. The minimum atomic E-state index is 0.0588. The van der Waals surface area contributed by atoms with E-state index in [1.165, 1.54) is 11.1 Å². The average Bonchev–Trinajstić information content (AvgIpc) is 2.54. The third-order valence-corrected chi connectivity index (χ3v) is 3.35. The molecule has 0 aliphatic carbocycles. The van der Waals surface area contributed by atoms with Crippen LogP contribution in [0.5, 0.6) is 0 Å². The summed E-state index contributed by atoms with van der Waals surface area (Å²) in [4.78, 5) is 0. The summed E-state index contributed by atoms with van der Waals surface area (Å²) in [5, 5.41) is 11.7. The first-order valence-electron chi connectivity index (χ1n) is 6.99. The monoisotopic (exact) mass is 275 g/mol. The summed E-state index contributed by atoms with van der Waals surface area (Å²) in [5.41, 5.74) is 3.49. The zero-order valence-corrected chi connectivity index (χ0v) is 11.9. The number of hydrogen-bond donors (Lipinski definition) is 1. The Balaban J connectivity index is 1.97. The Bertz CT molecular complexity index is 656. The maximum atomic E-state index is 4.17. The highest BCUT2D eigenvalue weighted by Crippen LogP contribution is 2.25. The predicted molar refractivity (Wildman–Crippen MR) is 85.1 cm³/mol. The molecule has 0 aliphatic rings. The summed E-state index contributed by atoms with van der Waals surface area (Å²) in [6.45, 7) is 2.01. The fourth-order valence-electron chi connectivity index (χ4n) is 2.33. The Labute approximate surface area is 124 Å². The quantitative estimate of drug-likeness (QED) is 0.782. The molecule has 0 spiro atoms. The van der Waals surface area contributed by atoms with Crippen LogP contribution >= 0.6 is 0 Å². The number of hydrogen-bond acceptors (Lipinski definition) is 3. The van der Waals surface area contributed by atoms with Gasteiger partial charge >= 0.3 is 0 Å². The van der Waals surface area contributed by atoms with Crippen molar-refractivity contribution in [1.29, 1.82) is 0 Å². The van der Waals surface area contributed by atoms with Crippen molar-refractivity contribution in [3.63, 3.8) is 0 Å². The molecule has 0 unspecified atom stereocenters. The van der Waals surface area contributed by atoms with Crippen LogP contribution in [0.25, 0.3) is 0 Å². The Morgan fingerprint density at radius 1 is 0.857 bits per heavy atom. The highest BCUT2D eigenvalue weighted by Gasteiger charge is 2.14. The minimum absolute atomic E-state index is 0.0588. The van der Waals surface area contributed by atoms with Crippen molar-refractivity contribution in [2.75, 3.05) is 5.32 Å². The first-order chi connectivity index (χ1) is 10.3. The van der Waals surface area contributed by atoms with Gasteiger partial charge in [0.2, 0.25) is 0 Å². The molecule has 2 aromatic carbocycles. The standard InChI is InChI=1S/C18H17N3/c1-14-12-17(21-19-13-14)20-18(15-8-4-2-5-9-15)16-10-6-3-7-11-16/h2-13,18H,1H3,(H,20,21). The van der Waals surface area contributed by atoms with E-state index in [1.807, 2.05) is 25.1 Å². The zero-order chi connectivity index (χ0) is 14.5. The van der Waals surface area contributed by atoms with Crippen molar-refractivity contribution in [2.24, 2.45) is 0 Å². The van der Waals surface area contributed by atoms with Gasteiger partial charge in [-0.05, 0) is 29.7 Å². The molecule has 0 amide bonds. The molecular weight excluding hydrogens is 258 g/mol. The molecule has 0 saturated heterocycles. The summed E-state index contributed by atoms with van der Waals surface area (Å²) < 4.78 is 0.